The Labute approximate surface area is 114 Å². The molecular weight excluding hydrogens is 246 g/mol. The Morgan fingerprint density at radius 3 is 2.94 bits per heavy atom. The highest BCUT2D eigenvalue weighted by Gasteiger charge is 2.18. The first kappa shape index (κ1) is 13.5. The first-order valence-electron chi connectivity index (χ1n) is 6.71. The lowest BCUT2D eigenvalue weighted by molar-refractivity contribution is -0.120. The molecule has 5 heteroatoms. The topological polar surface area (TPSA) is 46.9 Å². The van der Waals surface area contributed by atoms with Crippen molar-refractivity contribution in [3.63, 3.8) is 0 Å². The first-order valence-corrected chi connectivity index (χ1v) is 7.34. The molecule has 2 rings (SSSR count). The Kier molecular flexibility index (Phi) is 5.11. The van der Waals surface area contributed by atoms with Crippen LogP contribution in [0.15, 0.2) is 12.3 Å². The van der Waals surface area contributed by atoms with Crippen LogP contribution in [0.3, 0.4) is 0 Å². The fourth-order valence-electron chi connectivity index (χ4n) is 2.52. The molecule has 18 heavy (non-hydrogen) atoms. The van der Waals surface area contributed by atoms with E-state index in [1.165, 1.54) is 32.1 Å². The summed E-state index contributed by atoms with van der Waals surface area (Å²) in [6.07, 6.45) is 8.63. The molecule has 0 bridgehead atoms. The second-order valence-electron chi connectivity index (χ2n) is 4.81. The van der Waals surface area contributed by atoms with Gasteiger partial charge in [0.2, 0.25) is 5.91 Å². The normalized spacial score (nSPS) is 16.7. The van der Waals surface area contributed by atoms with Gasteiger partial charge in [0.25, 0.3) is 0 Å². The van der Waals surface area contributed by atoms with Crippen LogP contribution in [0.2, 0.25) is 0 Å². The molecule has 0 saturated heterocycles. The van der Waals surface area contributed by atoms with Crippen molar-refractivity contribution in [1.29, 1.82) is 0 Å². The third-order valence-corrected chi connectivity index (χ3v) is 3.70. The molecular formula is C13H21N3OS. The summed E-state index contributed by atoms with van der Waals surface area (Å²) in [6.45, 7) is 0.573. The Bertz CT molecular complexity index is 385. The molecule has 0 unspecified atom stereocenters. The second-order valence-corrected chi connectivity index (χ2v) is 5.26. The molecule has 1 aromatic rings. The van der Waals surface area contributed by atoms with Crippen LogP contribution in [0.25, 0.3) is 0 Å². The number of amides is 1. The minimum absolute atomic E-state index is 0.0568. The highest BCUT2D eigenvalue weighted by Crippen LogP contribution is 2.28. The summed E-state index contributed by atoms with van der Waals surface area (Å²) >= 11 is 4.05. The van der Waals surface area contributed by atoms with E-state index in [2.05, 4.69) is 27.7 Å². The molecule has 1 N–H and O–H groups in total. The lowest BCUT2D eigenvalue weighted by Gasteiger charge is -2.24. The molecule has 4 nitrogen and oxygen atoms in total. The zero-order chi connectivity index (χ0) is 12.8. The number of thiol groups is 1. The average Bonchev–Trinajstić information content (AvgIpc) is 2.86. The molecule has 1 saturated carbocycles. The first-order chi connectivity index (χ1) is 8.81. The maximum Gasteiger partial charge on any atom is 0.221 e. The Morgan fingerprint density at radius 1 is 1.44 bits per heavy atom. The van der Waals surface area contributed by atoms with Gasteiger partial charge in [-0.2, -0.15) is 17.7 Å². The fourth-order valence-corrected chi connectivity index (χ4v) is 2.72. The van der Waals surface area contributed by atoms with Crippen LogP contribution in [0.4, 0.5) is 0 Å². The Morgan fingerprint density at radius 2 is 2.22 bits per heavy atom. The minimum Gasteiger partial charge on any atom is -0.350 e. The van der Waals surface area contributed by atoms with Crippen molar-refractivity contribution in [3.8, 4) is 0 Å². The minimum atomic E-state index is 0.0568. The maximum absolute atomic E-state index is 11.4. The van der Waals surface area contributed by atoms with Crippen molar-refractivity contribution in [2.24, 2.45) is 0 Å². The molecule has 0 atom stereocenters. The van der Waals surface area contributed by atoms with E-state index in [1.54, 1.807) is 0 Å². The van der Waals surface area contributed by atoms with Crippen LogP contribution in [0.5, 0.6) is 0 Å². The molecule has 0 radical (unpaired) electrons. The monoisotopic (exact) mass is 267 g/mol. The highest BCUT2D eigenvalue weighted by atomic mass is 32.1. The van der Waals surface area contributed by atoms with Crippen LogP contribution in [0.1, 0.15) is 50.3 Å². The zero-order valence-corrected chi connectivity index (χ0v) is 11.5. The lowest BCUT2D eigenvalue weighted by Crippen LogP contribution is -2.26. The maximum atomic E-state index is 11.4. The van der Waals surface area contributed by atoms with Crippen molar-refractivity contribution in [2.45, 2.75) is 51.1 Å². The fraction of sp³-hybridized carbons (Fsp3) is 0.692. The van der Waals surface area contributed by atoms with Crippen molar-refractivity contribution >= 4 is 18.5 Å². The average molecular weight is 267 g/mol. The zero-order valence-electron chi connectivity index (χ0n) is 10.6. The summed E-state index contributed by atoms with van der Waals surface area (Å²) in [6, 6.07) is 2.51. The number of aromatic nitrogens is 2. The molecule has 1 amide bonds. The van der Waals surface area contributed by atoms with Gasteiger partial charge in [-0.1, -0.05) is 19.3 Å². The van der Waals surface area contributed by atoms with Gasteiger partial charge in [-0.25, -0.2) is 0 Å². The van der Waals surface area contributed by atoms with Crippen LogP contribution >= 0.6 is 12.6 Å². The van der Waals surface area contributed by atoms with E-state index in [1.807, 2.05) is 12.3 Å². The van der Waals surface area contributed by atoms with Crippen LogP contribution in [0, 0.1) is 0 Å². The molecule has 1 fully saturated rings. The van der Waals surface area contributed by atoms with Gasteiger partial charge in [-0.3, -0.25) is 9.48 Å². The summed E-state index contributed by atoms with van der Waals surface area (Å²) in [7, 11) is 0. The van der Waals surface area contributed by atoms with Gasteiger partial charge in [-0.05, 0) is 24.7 Å². The van der Waals surface area contributed by atoms with E-state index in [9.17, 15) is 4.79 Å². The molecule has 0 spiro atoms. The quantitative estimate of drug-likeness (QED) is 0.804. The van der Waals surface area contributed by atoms with E-state index in [-0.39, 0.29) is 5.91 Å². The smallest absolute Gasteiger partial charge is 0.221 e. The third kappa shape index (κ3) is 3.51. The second kappa shape index (κ2) is 6.83. The standard InChI is InChI=1S/C13H21N3OS/c17-13(7-9-18)14-10-12-6-8-15-16(12)11-4-2-1-3-5-11/h6,8,11,18H,1-5,7,9-10H2,(H,14,17). The van der Waals surface area contributed by atoms with Gasteiger partial charge in [0.05, 0.1) is 18.3 Å². The molecule has 1 aliphatic carbocycles. The SMILES string of the molecule is O=C(CCS)NCc1ccnn1C1CCCCC1. The van der Waals surface area contributed by atoms with Crippen LogP contribution < -0.4 is 5.32 Å². The van der Waals surface area contributed by atoms with Crippen molar-refractivity contribution in [3.05, 3.63) is 18.0 Å². The van der Waals surface area contributed by atoms with Crippen LogP contribution in [-0.4, -0.2) is 21.4 Å². The van der Waals surface area contributed by atoms with E-state index in [0.717, 1.165) is 5.69 Å². The molecule has 100 valence electrons. The van der Waals surface area contributed by atoms with Crippen molar-refractivity contribution < 1.29 is 4.79 Å². The molecule has 1 aliphatic rings. The Balaban J connectivity index is 1.92. The van der Waals surface area contributed by atoms with Gasteiger partial charge >= 0.3 is 0 Å². The van der Waals surface area contributed by atoms with E-state index < -0.39 is 0 Å². The molecule has 1 aromatic heterocycles. The van der Waals surface area contributed by atoms with E-state index in [0.29, 0.717) is 24.8 Å². The number of carbonyl (C=O) groups is 1. The van der Waals surface area contributed by atoms with Crippen molar-refractivity contribution in [1.82, 2.24) is 15.1 Å². The summed E-state index contributed by atoms with van der Waals surface area (Å²) in [5, 5.41) is 7.33. The molecule has 0 aromatic carbocycles. The predicted molar refractivity (Wildman–Crippen MR) is 74.7 cm³/mol. The van der Waals surface area contributed by atoms with Crippen molar-refractivity contribution in [2.75, 3.05) is 5.75 Å². The number of hydrogen-bond acceptors (Lipinski definition) is 3. The number of hydrogen-bond donors (Lipinski definition) is 2. The summed E-state index contributed by atoms with van der Waals surface area (Å²) in [4.78, 5) is 11.4. The molecule has 1 heterocycles. The molecule has 0 aliphatic heterocycles. The van der Waals surface area contributed by atoms with Crippen LogP contribution in [-0.2, 0) is 11.3 Å². The van der Waals surface area contributed by atoms with Gasteiger partial charge in [0.1, 0.15) is 0 Å². The summed E-state index contributed by atoms with van der Waals surface area (Å²) in [5.41, 5.74) is 1.11. The Hall–Kier alpha value is -0.970. The van der Waals surface area contributed by atoms with E-state index in [4.69, 9.17) is 0 Å². The highest BCUT2D eigenvalue weighted by molar-refractivity contribution is 7.80. The van der Waals surface area contributed by atoms with Gasteiger partial charge < -0.3 is 5.32 Å². The van der Waals surface area contributed by atoms with Gasteiger partial charge in [0, 0.05) is 12.6 Å². The van der Waals surface area contributed by atoms with Gasteiger partial charge in [-0.15, -0.1) is 0 Å². The number of nitrogens with zero attached hydrogens (tertiary/aromatic N) is 2. The van der Waals surface area contributed by atoms with Gasteiger partial charge in [0.15, 0.2) is 0 Å². The largest absolute Gasteiger partial charge is 0.350 e. The predicted octanol–water partition coefficient (Wildman–Crippen LogP) is 2.32. The third-order valence-electron chi connectivity index (χ3n) is 3.48. The number of rotatable bonds is 5. The lowest BCUT2D eigenvalue weighted by atomic mass is 9.95. The number of carbonyl (C=O) groups excluding carboxylic acids is 1. The summed E-state index contributed by atoms with van der Waals surface area (Å²) in [5.74, 6) is 0.648. The number of nitrogens with one attached hydrogen (secondary N) is 1. The van der Waals surface area contributed by atoms with E-state index >= 15 is 0 Å². The summed E-state index contributed by atoms with van der Waals surface area (Å²) < 4.78 is 2.10.